The van der Waals surface area contributed by atoms with Crippen molar-refractivity contribution in [1.82, 2.24) is 5.32 Å². The summed E-state index contributed by atoms with van der Waals surface area (Å²) in [6.07, 6.45) is 4.19. The predicted molar refractivity (Wildman–Crippen MR) is 45.8 cm³/mol. The van der Waals surface area contributed by atoms with E-state index in [0.717, 1.165) is 12.8 Å². The molecule has 0 aromatic rings. The lowest BCUT2D eigenvalue weighted by Crippen LogP contribution is -2.31. The number of rotatable bonds is 3. The maximum atomic E-state index is 11.0. The van der Waals surface area contributed by atoms with Gasteiger partial charge < -0.3 is 15.8 Å². The molecule has 0 unspecified atom stereocenters. The quantitative estimate of drug-likeness (QED) is 0.655. The molecular weight excluding hydrogens is 156 g/mol. The van der Waals surface area contributed by atoms with Crippen LogP contribution >= 0.6 is 0 Å². The molecule has 0 saturated heterocycles. The molecular formula is C8H16N2O2. The molecule has 0 radical (unpaired) electrons. The van der Waals surface area contributed by atoms with Gasteiger partial charge in [-0.3, -0.25) is 0 Å². The highest BCUT2D eigenvalue weighted by molar-refractivity contribution is 5.67. The Bertz CT molecular complexity index is 144. The molecule has 0 spiro atoms. The van der Waals surface area contributed by atoms with Crippen molar-refractivity contribution in [3.05, 3.63) is 0 Å². The van der Waals surface area contributed by atoms with E-state index in [9.17, 15) is 4.79 Å². The van der Waals surface area contributed by atoms with Gasteiger partial charge in [0, 0.05) is 13.1 Å². The molecule has 1 aliphatic rings. The van der Waals surface area contributed by atoms with E-state index < -0.39 is 0 Å². The molecule has 0 aromatic carbocycles. The Hall–Kier alpha value is -0.770. The molecule has 12 heavy (non-hydrogen) atoms. The minimum Gasteiger partial charge on any atom is -0.446 e. The lowest BCUT2D eigenvalue weighted by Gasteiger charge is -2.11. The number of hydrogen-bond acceptors (Lipinski definition) is 3. The Labute approximate surface area is 72.5 Å². The fourth-order valence-corrected chi connectivity index (χ4v) is 1.37. The van der Waals surface area contributed by atoms with Crippen LogP contribution in [-0.2, 0) is 4.74 Å². The van der Waals surface area contributed by atoms with Crippen molar-refractivity contribution in [1.29, 1.82) is 0 Å². The number of amides is 1. The first-order valence-corrected chi connectivity index (χ1v) is 4.47. The minimum absolute atomic E-state index is 0.141. The van der Waals surface area contributed by atoms with Gasteiger partial charge in [-0.1, -0.05) is 0 Å². The third kappa shape index (κ3) is 3.09. The maximum Gasteiger partial charge on any atom is 0.407 e. The Morgan fingerprint density at radius 1 is 1.50 bits per heavy atom. The van der Waals surface area contributed by atoms with Crippen LogP contribution in [0.15, 0.2) is 0 Å². The Morgan fingerprint density at radius 2 is 2.17 bits per heavy atom. The van der Waals surface area contributed by atoms with Crippen LogP contribution in [-0.4, -0.2) is 25.3 Å². The second-order valence-electron chi connectivity index (χ2n) is 3.03. The molecule has 1 rings (SSSR count). The van der Waals surface area contributed by atoms with Crippen molar-refractivity contribution in [3.63, 3.8) is 0 Å². The molecule has 1 amide bonds. The number of nitrogens with one attached hydrogen (secondary N) is 1. The summed E-state index contributed by atoms with van der Waals surface area (Å²) < 4.78 is 5.11. The molecule has 3 N–H and O–H groups in total. The average Bonchev–Trinajstić information content (AvgIpc) is 2.53. The minimum atomic E-state index is -0.327. The largest absolute Gasteiger partial charge is 0.446 e. The SMILES string of the molecule is NCCNC(=O)OC1CCCC1. The van der Waals surface area contributed by atoms with Gasteiger partial charge in [-0.05, 0) is 25.7 Å². The highest BCUT2D eigenvalue weighted by atomic mass is 16.6. The zero-order valence-corrected chi connectivity index (χ0v) is 7.21. The number of nitrogens with two attached hydrogens (primary N) is 1. The van der Waals surface area contributed by atoms with Crippen molar-refractivity contribution in [2.45, 2.75) is 31.8 Å². The number of alkyl carbamates (subject to hydrolysis) is 1. The van der Waals surface area contributed by atoms with E-state index in [1.165, 1.54) is 12.8 Å². The van der Waals surface area contributed by atoms with E-state index in [1.807, 2.05) is 0 Å². The summed E-state index contributed by atoms with van der Waals surface area (Å²) in [5.41, 5.74) is 5.21. The van der Waals surface area contributed by atoms with E-state index >= 15 is 0 Å². The third-order valence-corrected chi connectivity index (χ3v) is 1.99. The van der Waals surface area contributed by atoms with E-state index in [0.29, 0.717) is 13.1 Å². The summed E-state index contributed by atoms with van der Waals surface area (Å²) >= 11 is 0. The van der Waals surface area contributed by atoms with Gasteiger partial charge in [-0.15, -0.1) is 0 Å². The summed E-state index contributed by atoms with van der Waals surface area (Å²) in [6.45, 7) is 0.950. The van der Waals surface area contributed by atoms with Crippen LogP contribution in [0.2, 0.25) is 0 Å². The highest BCUT2D eigenvalue weighted by Crippen LogP contribution is 2.20. The van der Waals surface area contributed by atoms with Crippen molar-refractivity contribution in [2.24, 2.45) is 5.73 Å². The summed E-state index contributed by atoms with van der Waals surface area (Å²) in [5.74, 6) is 0. The second-order valence-corrected chi connectivity index (χ2v) is 3.03. The Kier molecular flexibility index (Phi) is 3.87. The van der Waals surface area contributed by atoms with Crippen LogP contribution in [0.4, 0.5) is 4.79 Å². The molecule has 0 aromatic heterocycles. The van der Waals surface area contributed by atoms with Crippen LogP contribution in [0.25, 0.3) is 0 Å². The monoisotopic (exact) mass is 172 g/mol. The summed E-state index contributed by atoms with van der Waals surface area (Å²) in [6, 6.07) is 0. The first-order valence-electron chi connectivity index (χ1n) is 4.47. The van der Waals surface area contributed by atoms with Gasteiger partial charge in [0.05, 0.1) is 0 Å². The lowest BCUT2D eigenvalue weighted by atomic mass is 10.3. The van der Waals surface area contributed by atoms with Crippen molar-refractivity contribution >= 4 is 6.09 Å². The molecule has 1 saturated carbocycles. The lowest BCUT2D eigenvalue weighted by molar-refractivity contribution is 0.101. The van der Waals surface area contributed by atoms with Gasteiger partial charge in [0.2, 0.25) is 0 Å². The Morgan fingerprint density at radius 3 is 2.75 bits per heavy atom. The van der Waals surface area contributed by atoms with E-state index in [2.05, 4.69) is 5.32 Å². The Balaban J connectivity index is 2.08. The van der Waals surface area contributed by atoms with Gasteiger partial charge in [0.1, 0.15) is 6.10 Å². The number of carbonyl (C=O) groups excluding carboxylic acids is 1. The van der Waals surface area contributed by atoms with E-state index in [1.54, 1.807) is 0 Å². The smallest absolute Gasteiger partial charge is 0.407 e. The number of carbonyl (C=O) groups is 1. The third-order valence-electron chi connectivity index (χ3n) is 1.99. The van der Waals surface area contributed by atoms with Crippen LogP contribution in [0.3, 0.4) is 0 Å². The number of ether oxygens (including phenoxy) is 1. The summed E-state index contributed by atoms with van der Waals surface area (Å²) in [7, 11) is 0. The predicted octanol–water partition coefficient (Wildman–Crippen LogP) is 0.614. The van der Waals surface area contributed by atoms with Crippen LogP contribution in [0.5, 0.6) is 0 Å². The van der Waals surface area contributed by atoms with E-state index in [-0.39, 0.29) is 12.2 Å². The zero-order chi connectivity index (χ0) is 8.81. The number of hydrogen-bond donors (Lipinski definition) is 2. The first kappa shape index (κ1) is 9.32. The summed E-state index contributed by atoms with van der Waals surface area (Å²) in [5, 5.41) is 2.57. The first-order chi connectivity index (χ1) is 5.83. The molecule has 4 heteroatoms. The zero-order valence-electron chi connectivity index (χ0n) is 7.21. The standard InChI is InChI=1S/C8H16N2O2/c9-5-6-10-8(11)12-7-3-1-2-4-7/h7H,1-6,9H2,(H,10,11). The molecule has 0 heterocycles. The topological polar surface area (TPSA) is 64.3 Å². The van der Waals surface area contributed by atoms with Gasteiger partial charge in [-0.2, -0.15) is 0 Å². The molecule has 70 valence electrons. The fraction of sp³-hybridized carbons (Fsp3) is 0.875. The van der Waals surface area contributed by atoms with Gasteiger partial charge >= 0.3 is 6.09 Å². The summed E-state index contributed by atoms with van der Waals surface area (Å²) in [4.78, 5) is 11.0. The molecule has 0 bridgehead atoms. The van der Waals surface area contributed by atoms with E-state index in [4.69, 9.17) is 10.5 Å². The van der Waals surface area contributed by atoms with Crippen molar-refractivity contribution in [3.8, 4) is 0 Å². The maximum absolute atomic E-state index is 11.0. The van der Waals surface area contributed by atoms with Crippen LogP contribution in [0, 0.1) is 0 Å². The normalized spacial score (nSPS) is 17.8. The van der Waals surface area contributed by atoms with Crippen molar-refractivity contribution in [2.75, 3.05) is 13.1 Å². The molecule has 1 aliphatic carbocycles. The van der Waals surface area contributed by atoms with Crippen LogP contribution < -0.4 is 11.1 Å². The van der Waals surface area contributed by atoms with Crippen molar-refractivity contribution < 1.29 is 9.53 Å². The van der Waals surface area contributed by atoms with Crippen LogP contribution in [0.1, 0.15) is 25.7 Å². The fourth-order valence-electron chi connectivity index (χ4n) is 1.37. The molecule has 0 atom stereocenters. The van der Waals surface area contributed by atoms with Gasteiger partial charge in [0.25, 0.3) is 0 Å². The van der Waals surface area contributed by atoms with Gasteiger partial charge in [0.15, 0.2) is 0 Å². The second kappa shape index (κ2) is 4.98. The molecule has 0 aliphatic heterocycles. The van der Waals surface area contributed by atoms with Gasteiger partial charge in [-0.25, -0.2) is 4.79 Å². The molecule has 4 nitrogen and oxygen atoms in total. The molecule has 1 fully saturated rings. The average molecular weight is 172 g/mol. The highest BCUT2D eigenvalue weighted by Gasteiger charge is 2.18.